The number of carbonyl (C=O) groups is 2. The van der Waals surface area contributed by atoms with Crippen molar-refractivity contribution in [1.82, 2.24) is 5.32 Å². The van der Waals surface area contributed by atoms with Crippen molar-refractivity contribution in [3.05, 3.63) is 69.8 Å². The van der Waals surface area contributed by atoms with Gasteiger partial charge in [0, 0.05) is 22.7 Å². The molecule has 0 atom stereocenters. The average molecular weight is 342 g/mol. The summed E-state index contributed by atoms with van der Waals surface area (Å²) in [6.07, 6.45) is -0.808. The lowest BCUT2D eigenvalue weighted by molar-refractivity contribution is -0.385. The van der Waals surface area contributed by atoms with Crippen LogP contribution in [0.25, 0.3) is 0 Å². The molecule has 0 aliphatic heterocycles. The molecular weight excluding hydrogens is 324 g/mol. The molecule has 0 fully saturated rings. The highest BCUT2D eigenvalue weighted by atomic mass is 16.6. The number of rotatable bonds is 4. The zero-order valence-corrected chi connectivity index (χ0v) is 14.1. The highest BCUT2D eigenvalue weighted by Gasteiger charge is 2.23. The van der Waals surface area contributed by atoms with E-state index in [0.717, 1.165) is 6.07 Å². The minimum absolute atomic E-state index is 0.140. The molecule has 2 aromatic rings. The van der Waals surface area contributed by atoms with Gasteiger partial charge in [-0.1, -0.05) is 30.3 Å². The Bertz CT molecular complexity index is 810. The topological polar surface area (TPSA) is 98.5 Å². The molecule has 0 saturated heterocycles. The number of amides is 1. The molecule has 0 heterocycles. The summed E-state index contributed by atoms with van der Waals surface area (Å²) in [5.41, 5.74) is -0.446. The fourth-order valence-corrected chi connectivity index (χ4v) is 2.08. The SMILES string of the molecule is CC(C)(C)NC(=O)Oc1ccc(C(=O)c2ccccc2)cc1[N+](=O)[O-]. The normalized spacial score (nSPS) is 10.8. The lowest BCUT2D eigenvalue weighted by Crippen LogP contribution is -2.42. The summed E-state index contributed by atoms with van der Waals surface area (Å²) in [7, 11) is 0. The molecule has 25 heavy (non-hydrogen) atoms. The van der Waals surface area contributed by atoms with Crippen LogP contribution in [-0.4, -0.2) is 22.3 Å². The standard InChI is InChI=1S/C18H18N2O5/c1-18(2,3)19-17(22)25-15-10-9-13(11-14(15)20(23)24)16(21)12-7-5-4-6-8-12/h4-11H,1-3H3,(H,19,22). The molecule has 1 amide bonds. The Morgan fingerprint density at radius 3 is 2.24 bits per heavy atom. The summed E-state index contributed by atoms with van der Waals surface area (Å²) < 4.78 is 5.02. The Morgan fingerprint density at radius 2 is 1.68 bits per heavy atom. The number of nitrogens with zero attached hydrogens (tertiary/aromatic N) is 1. The molecule has 0 aliphatic carbocycles. The van der Waals surface area contributed by atoms with Gasteiger partial charge >= 0.3 is 11.8 Å². The summed E-state index contributed by atoms with van der Waals surface area (Å²) in [5.74, 6) is -0.578. The second kappa shape index (κ2) is 7.12. The maximum atomic E-state index is 12.4. The number of nitro groups is 1. The molecule has 7 heteroatoms. The van der Waals surface area contributed by atoms with Crippen molar-refractivity contribution >= 4 is 17.6 Å². The number of nitrogens with one attached hydrogen (secondary N) is 1. The number of ketones is 1. The van der Waals surface area contributed by atoms with Crippen molar-refractivity contribution < 1.29 is 19.2 Å². The van der Waals surface area contributed by atoms with Crippen molar-refractivity contribution in [3.63, 3.8) is 0 Å². The highest BCUT2D eigenvalue weighted by molar-refractivity contribution is 6.09. The van der Waals surface area contributed by atoms with Crippen LogP contribution in [0, 0.1) is 10.1 Å². The van der Waals surface area contributed by atoms with E-state index in [9.17, 15) is 19.7 Å². The third kappa shape index (κ3) is 4.87. The molecular formula is C18H18N2O5. The number of hydrogen-bond acceptors (Lipinski definition) is 5. The second-order valence-electron chi connectivity index (χ2n) is 6.40. The first-order valence-electron chi connectivity index (χ1n) is 7.55. The maximum Gasteiger partial charge on any atom is 0.413 e. The second-order valence-corrected chi connectivity index (χ2v) is 6.40. The fraction of sp³-hybridized carbons (Fsp3) is 0.222. The predicted octanol–water partition coefficient (Wildman–Crippen LogP) is 3.71. The molecule has 130 valence electrons. The van der Waals surface area contributed by atoms with Gasteiger partial charge in [0.05, 0.1) is 4.92 Å². The van der Waals surface area contributed by atoms with Gasteiger partial charge in [-0.25, -0.2) is 4.79 Å². The quantitative estimate of drug-likeness (QED) is 0.519. The van der Waals surface area contributed by atoms with Gasteiger partial charge in [0.1, 0.15) is 0 Å². The van der Waals surface area contributed by atoms with Gasteiger partial charge in [-0.2, -0.15) is 0 Å². The van der Waals surface area contributed by atoms with E-state index in [1.807, 2.05) is 0 Å². The van der Waals surface area contributed by atoms with Gasteiger partial charge in [-0.15, -0.1) is 0 Å². The van der Waals surface area contributed by atoms with E-state index in [1.54, 1.807) is 51.1 Å². The van der Waals surface area contributed by atoms with Crippen LogP contribution < -0.4 is 10.1 Å². The Balaban J connectivity index is 2.30. The van der Waals surface area contributed by atoms with E-state index in [-0.39, 0.29) is 17.1 Å². The first kappa shape index (κ1) is 18.1. The Hall–Kier alpha value is -3.22. The monoisotopic (exact) mass is 342 g/mol. The van der Waals surface area contributed by atoms with Gasteiger partial charge in [-0.05, 0) is 32.9 Å². The van der Waals surface area contributed by atoms with Crippen LogP contribution >= 0.6 is 0 Å². The maximum absolute atomic E-state index is 12.4. The molecule has 1 N–H and O–H groups in total. The van der Waals surface area contributed by atoms with Crippen molar-refractivity contribution in [1.29, 1.82) is 0 Å². The summed E-state index contributed by atoms with van der Waals surface area (Å²) in [4.78, 5) is 34.8. The first-order valence-corrected chi connectivity index (χ1v) is 7.55. The van der Waals surface area contributed by atoms with E-state index in [2.05, 4.69) is 5.32 Å². The largest absolute Gasteiger partial charge is 0.413 e. The summed E-state index contributed by atoms with van der Waals surface area (Å²) in [5, 5.41) is 13.8. The molecule has 2 rings (SSSR count). The van der Waals surface area contributed by atoms with E-state index < -0.39 is 22.2 Å². The molecule has 2 aromatic carbocycles. The van der Waals surface area contributed by atoms with Crippen LogP contribution in [0.4, 0.5) is 10.5 Å². The van der Waals surface area contributed by atoms with Crippen LogP contribution in [0.3, 0.4) is 0 Å². The average Bonchev–Trinajstić information content (AvgIpc) is 2.53. The Kier molecular flexibility index (Phi) is 5.17. The molecule has 0 aliphatic rings. The van der Waals surface area contributed by atoms with Gasteiger partial charge in [0.25, 0.3) is 0 Å². The third-order valence-electron chi connectivity index (χ3n) is 3.13. The van der Waals surface area contributed by atoms with Gasteiger partial charge < -0.3 is 10.1 Å². The first-order chi connectivity index (χ1) is 11.7. The summed E-state index contributed by atoms with van der Waals surface area (Å²) in [6, 6.07) is 12.2. The van der Waals surface area contributed by atoms with Gasteiger partial charge in [-0.3, -0.25) is 14.9 Å². The van der Waals surface area contributed by atoms with Crippen molar-refractivity contribution in [2.75, 3.05) is 0 Å². The highest BCUT2D eigenvalue weighted by Crippen LogP contribution is 2.29. The Labute approximate surface area is 144 Å². The third-order valence-corrected chi connectivity index (χ3v) is 3.13. The lowest BCUT2D eigenvalue weighted by atomic mass is 10.0. The van der Waals surface area contributed by atoms with Crippen LogP contribution in [0.2, 0.25) is 0 Å². The predicted molar refractivity (Wildman–Crippen MR) is 91.9 cm³/mol. The van der Waals surface area contributed by atoms with E-state index >= 15 is 0 Å². The summed E-state index contributed by atoms with van der Waals surface area (Å²) >= 11 is 0. The van der Waals surface area contributed by atoms with E-state index in [0.29, 0.717) is 5.56 Å². The van der Waals surface area contributed by atoms with E-state index in [1.165, 1.54) is 12.1 Å². The van der Waals surface area contributed by atoms with Crippen molar-refractivity contribution in [2.24, 2.45) is 0 Å². The zero-order chi connectivity index (χ0) is 18.6. The van der Waals surface area contributed by atoms with Gasteiger partial charge in [0.15, 0.2) is 5.78 Å². The molecule has 0 aromatic heterocycles. The van der Waals surface area contributed by atoms with Crippen molar-refractivity contribution in [2.45, 2.75) is 26.3 Å². The molecule has 7 nitrogen and oxygen atoms in total. The van der Waals surface area contributed by atoms with E-state index in [4.69, 9.17) is 4.74 Å². The molecule has 0 spiro atoms. The number of carbonyl (C=O) groups excluding carboxylic acids is 2. The molecule has 0 radical (unpaired) electrons. The van der Waals surface area contributed by atoms with Gasteiger partial charge in [0.2, 0.25) is 5.75 Å². The number of nitro benzene ring substituents is 1. The minimum Gasteiger partial charge on any atom is -0.403 e. The zero-order valence-electron chi connectivity index (χ0n) is 14.1. The van der Waals surface area contributed by atoms with Crippen LogP contribution in [-0.2, 0) is 0 Å². The van der Waals surface area contributed by atoms with Crippen LogP contribution in [0.1, 0.15) is 36.7 Å². The summed E-state index contributed by atoms with van der Waals surface area (Å²) in [6.45, 7) is 5.26. The number of hydrogen-bond donors (Lipinski definition) is 1. The van der Waals surface area contributed by atoms with Crippen molar-refractivity contribution in [3.8, 4) is 5.75 Å². The number of ether oxygens (including phenoxy) is 1. The van der Waals surface area contributed by atoms with Crippen LogP contribution in [0.5, 0.6) is 5.75 Å². The molecule has 0 unspecified atom stereocenters. The number of benzene rings is 2. The molecule has 0 saturated carbocycles. The lowest BCUT2D eigenvalue weighted by Gasteiger charge is -2.19. The fourth-order valence-electron chi connectivity index (χ4n) is 2.08. The van der Waals surface area contributed by atoms with Crippen LogP contribution in [0.15, 0.2) is 48.5 Å². The smallest absolute Gasteiger partial charge is 0.403 e. The Morgan fingerprint density at radius 1 is 1.04 bits per heavy atom. The molecule has 0 bridgehead atoms. The minimum atomic E-state index is -0.808.